The Bertz CT molecular complexity index is 961. The quantitative estimate of drug-likeness (QED) is 0.606. The number of rotatable bonds is 4. The van der Waals surface area contributed by atoms with E-state index in [-0.39, 0.29) is 5.75 Å². The molecule has 4 nitrogen and oxygen atoms in total. The first-order valence-electron chi connectivity index (χ1n) is 8.13. The number of phenols is 1. The second-order valence-corrected chi connectivity index (χ2v) is 5.82. The van der Waals surface area contributed by atoms with Crippen LogP contribution >= 0.6 is 0 Å². The molecule has 0 aliphatic rings. The lowest BCUT2D eigenvalue weighted by Gasteiger charge is -2.06. The van der Waals surface area contributed by atoms with Crippen molar-refractivity contribution >= 4 is 0 Å². The van der Waals surface area contributed by atoms with Crippen molar-refractivity contribution in [2.45, 2.75) is 6.54 Å². The summed E-state index contributed by atoms with van der Waals surface area (Å²) in [6.45, 7) is 0.649. The van der Waals surface area contributed by atoms with Gasteiger partial charge in [0, 0.05) is 11.1 Å². The maximum Gasteiger partial charge on any atom is 0.181 e. The predicted octanol–water partition coefficient (Wildman–Crippen LogP) is 4.37. The minimum Gasteiger partial charge on any atom is -0.508 e. The van der Waals surface area contributed by atoms with Crippen molar-refractivity contribution in [1.29, 1.82) is 0 Å². The summed E-state index contributed by atoms with van der Waals surface area (Å²) in [7, 11) is 0. The van der Waals surface area contributed by atoms with Crippen molar-refractivity contribution in [2.24, 2.45) is 0 Å². The zero-order valence-corrected chi connectivity index (χ0v) is 13.6. The van der Waals surface area contributed by atoms with Gasteiger partial charge >= 0.3 is 0 Å². The Kier molecular flexibility index (Phi) is 4.01. The minimum absolute atomic E-state index is 0.232. The monoisotopic (exact) mass is 327 g/mol. The standard InChI is InChI=1S/C21H17N3O/c25-19-13-11-17(12-14-19)20-22-21(18-9-5-2-6-10-18)24(23-20)15-16-7-3-1-4-8-16/h1-14,25H,15H2. The van der Waals surface area contributed by atoms with Crippen LogP contribution in [0.25, 0.3) is 22.8 Å². The molecular formula is C21H17N3O. The summed E-state index contributed by atoms with van der Waals surface area (Å²) in [5.74, 6) is 1.71. The summed E-state index contributed by atoms with van der Waals surface area (Å²) < 4.78 is 1.92. The fourth-order valence-electron chi connectivity index (χ4n) is 2.74. The van der Waals surface area contributed by atoms with Crippen LogP contribution in [0.5, 0.6) is 5.75 Å². The summed E-state index contributed by atoms with van der Waals surface area (Å²) in [4.78, 5) is 4.75. The van der Waals surface area contributed by atoms with Gasteiger partial charge in [0.1, 0.15) is 5.75 Å². The van der Waals surface area contributed by atoms with Crippen LogP contribution in [0.2, 0.25) is 0 Å². The molecule has 4 heteroatoms. The van der Waals surface area contributed by atoms with E-state index in [1.807, 2.05) is 65.3 Å². The van der Waals surface area contributed by atoms with E-state index < -0.39 is 0 Å². The van der Waals surface area contributed by atoms with E-state index in [2.05, 4.69) is 12.1 Å². The van der Waals surface area contributed by atoms with Crippen LogP contribution in [0, 0.1) is 0 Å². The molecule has 3 aromatic carbocycles. The van der Waals surface area contributed by atoms with Crippen LogP contribution in [-0.4, -0.2) is 19.9 Å². The topological polar surface area (TPSA) is 50.9 Å². The highest BCUT2D eigenvalue weighted by Gasteiger charge is 2.13. The first-order valence-corrected chi connectivity index (χ1v) is 8.13. The van der Waals surface area contributed by atoms with Crippen LogP contribution in [-0.2, 0) is 6.54 Å². The Morgan fingerprint density at radius 1 is 0.720 bits per heavy atom. The summed E-state index contributed by atoms with van der Waals surface area (Å²) in [6, 6.07) is 27.2. The molecular weight excluding hydrogens is 310 g/mol. The molecule has 25 heavy (non-hydrogen) atoms. The van der Waals surface area contributed by atoms with Gasteiger partial charge in [-0.3, -0.25) is 0 Å². The van der Waals surface area contributed by atoms with Gasteiger partial charge in [0.25, 0.3) is 0 Å². The van der Waals surface area contributed by atoms with Crippen molar-refractivity contribution in [3.63, 3.8) is 0 Å². The van der Waals surface area contributed by atoms with Crippen molar-refractivity contribution in [1.82, 2.24) is 14.8 Å². The number of benzene rings is 3. The third-order valence-corrected chi connectivity index (χ3v) is 4.00. The Hall–Kier alpha value is -3.40. The first-order chi connectivity index (χ1) is 12.3. The van der Waals surface area contributed by atoms with Crippen LogP contribution in [0.1, 0.15) is 5.56 Å². The van der Waals surface area contributed by atoms with Gasteiger partial charge in [-0.25, -0.2) is 9.67 Å². The third-order valence-electron chi connectivity index (χ3n) is 4.00. The molecule has 0 bridgehead atoms. The van der Waals surface area contributed by atoms with E-state index in [0.717, 1.165) is 17.0 Å². The molecule has 0 aliphatic carbocycles. The Labute approximate surface area is 146 Å². The molecule has 0 atom stereocenters. The number of phenolic OH excluding ortho intramolecular Hbond substituents is 1. The van der Waals surface area contributed by atoms with Crippen molar-refractivity contribution in [3.8, 4) is 28.5 Å². The van der Waals surface area contributed by atoms with Gasteiger partial charge < -0.3 is 5.11 Å². The van der Waals surface area contributed by atoms with Gasteiger partial charge in [-0.15, -0.1) is 0 Å². The largest absolute Gasteiger partial charge is 0.508 e. The third kappa shape index (κ3) is 3.28. The van der Waals surface area contributed by atoms with E-state index in [9.17, 15) is 5.11 Å². The molecule has 0 saturated carbocycles. The number of hydrogen-bond acceptors (Lipinski definition) is 3. The average Bonchev–Trinajstić information content (AvgIpc) is 3.08. The van der Waals surface area contributed by atoms with Gasteiger partial charge in [0.05, 0.1) is 6.54 Å². The van der Waals surface area contributed by atoms with E-state index in [4.69, 9.17) is 10.1 Å². The highest BCUT2D eigenvalue weighted by molar-refractivity contribution is 5.62. The van der Waals surface area contributed by atoms with Crippen LogP contribution in [0.4, 0.5) is 0 Å². The highest BCUT2D eigenvalue weighted by atomic mass is 16.3. The lowest BCUT2D eigenvalue weighted by Crippen LogP contribution is -2.04. The van der Waals surface area contributed by atoms with Crippen molar-refractivity contribution in [3.05, 3.63) is 90.5 Å². The summed E-state index contributed by atoms with van der Waals surface area (Å²) in [5, 5.41) is 14.2. The number of aromatic nitrogens is 3. The van der Waals surface area contributed by atoms with E-state index in [0.29, 0.717) is 12.4 Å². The van der Waals surface area contributed by atoms with Crippen molar-refractivity contribution < 1.29 is 5.11 Å². The normalized spacial score (nSPS) is 10.7. The van der Waals surface area contributed by atoms with Gasteiger partial charge in [-0.05, 0) is 29.8 Å². The van der Waals surface area contributed by atoms with Gasteiger partial charge in [0.2, 0.25) is 0 Å². The van der Waals surface area contributed by atoms with Crippen molar-refractivity contribution in [2.75, 3.05) is 0 Å². The van der Waals surface area contributed by atoms with Gasteiger partial charge in [-0.1, -0.05) is 60.7 Å². The molecule has 0 fully saturated rings. The molecule has 0 saturated heterocycles. The van der Waals surface area contributed by atoms with E-state index >= 15 is 0 Å². The molecule has 4 rings (SSSR count). The minimum atomic E-state index is 0.232. The summed E-state index contributed by atoms with van der Waals surface area (Å²) in [6.07, 6.45) is 0. The number of aromatic hydroxyl groups is 1. The summed E-state index contributed by atoms with van der Waals surface area (Å²) in [5.41, 5.74) is 3.07. The number of hydrogen-bond donors (Lipinski definition) is 1. The Balaban J connectivity index is 1.79. The van der Waals surface area contributed by atoms with E-state index in [1.165, 1.54) is 5.56 Å². The molecule has 1 aromatic heterocycles. The lowest BCUT2D eigenvalue weighted by atomic mass is 10.2. The Morgan fingerprint density at radius 3 is 2.04 bits per heavy atom. The molecule has 0 spiro atoms. The maximum atomic E-state index is 9.49. The zero-order chi connectivity index (χ0) is 17.1. The molecule has 0 aliphatic heterocycles. The Morgan fingerprint density at radius 2 is 1.36 bits per heavy atom. The fourth-order valence-corrected chi connectivity index (χ4v) is 2.74. The van der Waals surface area contributed by atoms with Gasteiger partial charge in [0.15, 0.2) is 11.6 Å². The maximum absolute atomic E-state index is 9.49. The molecule has 0 unspecified atom stereocenters. The molecule has 1 heterocycles. The summed E-state index contributed by atoms with van der Waals surface area (Å²) >= 11 is 0. The van der Waals surface area contributed by atoms with Crippen LogP contribution < -0.4 is 0 Å². The second-order valence-electron chi connectivity index (χ2n) is 5.82. The fraction of sp³-hybridized carbons (Fsp3) is 0.0476. The average molecular weight is 327 g/mol. The van der Waals surface area contributed by atoms with Crippen LogP contribution in [0.15, 0.2) is 84.9 Å². The molecule has 4 aromatic rings. The van der Waals surface area contributed by atoms with Gasteiger partial charge in [-0.2, -0.15) is 5.10 Å². The molecule has 0 amide bonds. The zero-order valence-electron chi connectivity index (χ0n) is 13.6. The number of nitrogens with zero attached hydrogens (tertiary/aromatic N) is 3. The molecule has 1 N–H and O–H groups in total. The first kappa shape index (κ1) is 15.1. The van der Waals surface area contributed by atoms with E-state index in [1.54, 1.807) is 12.1 Å². The SMILES string of the molecule is Oc1ccc(-c2nc(-c3ccccc3)n(Cc3ccccc3)n2)cc1. The highest BCUT2D eigenvalue weighted by Crippen LogP contribution is 2.24. The lowest BCUT2D eigenvalue weighted by molar-refractivity contribution is 0.475. The molecule has 122 valence electrons. The van der Waals surface area contributed by atoms with Crippen LogP contribution in [0.3, 0.4) is 0 Å². The molecule has 0 radical (unpaired) electrons. The predicted molar refractivity (Wildman–Crippen MR) is 98.1 cm³/mol. The smallest absolute Gasteiger partial charge is 0.181 e. The second kappa shape index (κ2) is 6.61.